The topological polar surface area (TPSA) is 36.4 Å². The highest BCUT2D eigenvalue weighted by Crippen LogP contribution is 2.17. The van der Waals surface area contributed by atoms with Crippen LogP contribution in [0.15, 0.2) is 47.5 Å². The lowest BCUT2D eigenvalue weighted by Crippen LogP contribution is -2.49. The van der Waals surface area contributed by atoms with E-state index in [4.69, 9.17) is 0 Å². The first-order valence-corrected chi connectivity index (χ1v) is 8.29. The average Bonchev–Trinajstić information content (AvgIpc) is 3.08. The molecule has 0 N–H and O–H groups in total. The van der Waals surface area contributed by atoms with Gasteiger partial charge in [0.05, 0.1) is 0 Å². The van der Waals surface area contributed by atoms with Crippen LogP contribution in [0.5, 0.6) is 0 Å². The molecule has 5 heteroatoms. The molecule has 3 heterocycles. The van der Waals surface area contributed by atoms with Crippen LogP contribution in [0, 0.1) is 0 Å². The zero-order chi connectivity index (χ0) is 15.4. The van der Waals surface area contributed by atoms with E-state index in [1.54, 1.807) is 17.5 Å². The van der Waals surface area contributed by atoms with E-state index in [2.05, 4.69) is 9.88 Å². The number of amides is 1. The van der Waals surface area contributed by atoms with Crippen molar-refractivity contribution in [2.45, 2.75) is 6.92 Å². The first-order valence-electron chi connectivity index (χ1n) is 7.41. The van der Waals surface area contributed by atoms with Crippen molar-refractivity contribution in [2.75, 3.05) is 31.1 Å². The summed E-state index contributed by atoms with van der Waals surface area (Å²) in [6, 6.07) is 9.95. The van der Waals surface area contributed by atoms with Crippen molar-refractivity contribution >= 4 is 29.1 Å². The number of thiophene rings is 1. The van der Waals surface area contributed by atoms with Gasteiger partial charge in [-0.15, -0.1) is 11.3 Å². The Morgan fingerprint density at radius 3 is 2.64 bits per heavy atom. The number of hydrogen-bond acceptors (Lipinski definition) is 4. The molecule has 0 aliphatic carbocycles. The molecule has 114 valence electrons. The third kappa shape index (κ3) is 3.36. The highest BCUT2D eigenvalue weighted by atomic mass is 32.1. The molecule has 0 saturated carbocycles. The SMILES string of the molecule is C/C(=C\c1cccs1)C(=O)N1CCN(c2ccccn2)CC1. The van der Waals surface area contributed by atoms with Gasteiger partial charge in [-0.3, -0.25) is 4.79 Å². The number of piperazine rings is 1. The Labute approximate surface area is 134 Å². The van der Waals surface area contributed by atoms with Gasteiger partial charge in [-0.1, -0.05) is 12.1 Å². The van der Waals surface area contributed by atoms with E-state index in [-0.39, 0.29) is 5.91 Å². The molecular formula is C17H19N3OS. The Morgan fingerprint density at radius 2 is 2.00 bits per heavy atom. The summed E-state index contributed by atoms with van der Waals surface area (Å²) in [5.41, 5.74) is 0.800. The summed E-state index contributed by atoms with van der Waals surface area (Å²) < 4.78 is 0. The fourth-order valence-electron chi connectivity index (χ4n) is 2.58. The smallest absolute Gasteiger partial charge is 0.249 e. The lowest BCUT2D eigenvalue weighted by molar-refractivity contribution is -0.127. The zero-order valence-corrected chi connectivity index (χ0v) is 13.4. The molecule has 2 aromatic heterocycles. The average molecular weight is 313 g/mol. The lowest BCUT2D eigenvalue weighted by Gasteiger charge is -2.35. The Kier molecular flexibility index (Phi) is 4.53. The van der Waals surface area contributed by atoms with Crippen molar-refractivity contribution in [1.82, 2.24) is 9.88 Å². The van der Waals surface area contributed by atoms with Crippen LogP contribution in [-0.2, 0) is 4.79 Å². The van der Waals surface area contributed by atoms with Crippen molar-refractivity contribution in [1.29, 1.82) is 0 Å². The Bertz CT molecular complexity index is 644. The van der Waals surface area contributed by atoms with E-state index >= 15 is 0 Å². The molecule has 1 saturated heterocycles. The summed E-state index contributed by atoms with van der Waals surface area (Å²) in [4.78, 5) is 22.1. The number of pyridine rings is 1. The van der Waals surface area contributed by atoms with Crippen molar-refractivity contribution < 1.29 is 4.79 Å². The molecule has 3 rings (SSSR count). The minimum absolute atomic E-state index is 0.133. The maximum atomic E-state index is 12.5. The minimum atomic E-state index is 0.133. The number of aromatic nitrogens is 1. The Hall–Kier alpha value is -2.14. The fourth-order valence-corrected chi connectivity index (χ4v) is 3.29. The van der Waals surface area contributed by atoms with E-state index in [0.29, 0.717) is 0 Å². The highest BCUT2D eigenvalue weighted by Gasteiger charge is 2.22. The van der Waals surface area contributed by atoms with Crippen molar-refractivity contribution in [3.05, 3.63) is 52.4 Å². The second-order valence-electron chi connectivity index (χ2n) is 5.31. The highest BCUT2D eigenvalue weighted by molar-refractivity contribution is 7.10. The number of rotatable bonds is 3. The van der Waals surface area contributed by atoms with Crippen LogP contribution in [0.1, 0.15) is 11.8 Å². The molecule has 0 radical (unpaired) electrons. The van der Waals surface area contributed by atoms with Crippen molar-refractivity contribution in [3.8, 4) is 0 Å². The van der Waals surface area contributed by atoms with Crippen LogP contribution < -0.4 is 4.90 Å². The van der Waals surface area contributed by atoms with Crippen LogP contribution in [0.3, 0.4) is 0 Å². The summed E-state index contributed by atoms with van der Waals surface area (Å²) in [5.74, 6) is 1.12. The normalized spacial score (nSPS) is 16.0. The van der Waals surface area contributed by atoms with Crippen LogP contribution in [-0.4, -0.2) is 42.0 Å². The number of hydrogen-bond donors (Lipinski definition) is 0. The predicted molar refractivity (Wildman–Crippen MR) is 91.0 cm³/mol. The molecule has 1 aliphatic heterocycles. The summed E-state index contributed by atoms with van der Waals surface area (Å²) in [6.07, 6.45) is 3.78. The van der Waals surface area contributed by atoms with Gasteiger partial charge < -0.3 is 9.80 Å². The lowest BCUT2D eigenvalue weighted by atomic mass is 10.2. The first kappa shape index (κ1) is 14.8. The second kappa shape index (κ2) is 6.75. The maximum absolute atomic E-state index is 12.5. The van der Waals surface area contributed by atoms with Gasteiger partial charge in [0.1, 0.15) is 5.82 Å². The van der Waals surface area contributed by atoms with Crippen LogP contribution in [0.2, 0.25) is 0 Å². The molecule has 4 nitrogen and oxygen atoms in total. The minimum Gasteiger partial charge on any atom is -0.353 e. The van der Waals surface area contributed by atoms with E-state index in [1.165, 1.54) is 0 Å². The number of carbonyl (C=O) groups is 1. The van der Waals surface area contributed by atoms with Gasteiger partial charge in [0, 0.05) is 42.8 Å². The van der Waals surface area contributed by atoms with E-state index in [9.17, 15) is 4.79 Å². The molecule has 22 heavy (non-hydrogen) atoms. The largest absolute Gasteiger partial charge is 0.353 e. The standard InChI is InChI=1S/C17H19N3OS/c1-14(13-15-5-4-12-22-15)17(21)20-10-8-19(9-11-20)16-6-2-3-7-18-16/h2-7,12-13H,8-11H2,1H3/b14-13+. The third-order valence-corrected chi connectivity index (χ3v) is 4.60. The van der Waals surface area contributed by atoms with Gasteiger partial charge in [0.25, 0.3) is 0 Å². The molecular weight excluding hydrogens is 294 g/mol. The summed E-state index contributed by atoms with van der Waals surface area (Å²) >= 11 is 1.65. The van der Waals surface area contributed by atoms with Gasteiger partial charge in [0.2, 0.25) is 5.91 Å². The molecule has 1 amide bonds. The van der Waals surface area contributed by atoms with E-state index < -0.39 is 0 Å². The van der Waals surface area contributed by atoms with Crippen LogP contribution >= 0.6 is 11.3 Å². The molecule has 1 aliphatic rings. The predicted octanol–water partition coefficient (Wildman–Crippen LogP) is 2.90. The Morgan fingerprint density at radius 1 is 1.18 bits per heavy atom. The third-order valence-electron chi connectivity index (χ3n) is 3.78. The van der Waals surface area contributed by atoms with Gasteiger partial charge in [-0.2, -0.15) is 0 Å². The van der Waals surface area contributed by atoms with Gasteiger partial charge in [-0.25, -0.2) is 4.98 Å². The summed E-state index contributed by atoms with van der Waals surface area (Å²) in [7, 11) is 0. The summed E-state index contributed by atoms with van der Waals surface area (Å²) in [6.45, 7) is 5.04. The first-order chi connectivity index (χ1) is 10.7. The van der Waals surface area contributed by atoms with Gasteiger partial charge in [-0.05, 0) is 36.6 Å². The molecule has 0 atom stereocenters. The van der Waals surface area contributed by atoms with Crippen molar-refractivity contribution in [3.63, 3.8) is 0 Å². The second-order valence-corrected chi connectivity index (χ2v) is 6.29. The maximum Gasteiger partial charge on any atom is 0.249 e. The molecule has 0 bridgehead atoms. The van der Waals surface area contributed by atoms with Crippen LogP contribution in [0.25, 0.3) is 6.08 Å². The number of nitrogens with zero attached hydrogens (tertiary/aromatic N) is 3. The van der Waals surface area contributed by atoms with Gasteiger partial charge in [0.15, 0.2) is 0 Å². The van der Waals surface area contributed by atoms with Crippen LogP contribution in [0.4, 0.5) is 5.82 Å². The molecule has 0 unspecified atom stereocenters. The number of carbonyl (C=O) groups excluding carboxylic acids is 1. The zero-order valence-electron chi connectivity index (χ0n) is 12.6. The molecule has 2 aromatic rings. The molecule has 1 fully saturated rings. The van der Waals surface area contributed by atoms with E-state index in [1.807, 2.05) is 53.6 Å². The van der Waals surface area contributed by atoms with Crippen molar-refractivity contribution in [2.24, 2.45) is 0 Å². The molecule has 0 spiro atoms. The van der Waals surface area contributed by atoms with E-state index in [0.717, 1.165) is 42.4 Å². The van der Waals surface area contributed by atoms with Gasteiger partial charge >= 0.3 is 0 Å². The number of anilines is 1. The fraction of sp³-hybridized carbons (Fsp3) is 0.294. The Balaban J connectivity index is 1.60. The quantitative estimate of drug-likeness (QED) is 0.818. The monoisotopic (exact) mass is 313 g/mol. The molecule has 0 aromatic carbocycles. The summed E-state index contributed by atoms with van der Waals surface area (Å²) in [5, 5.41) is 2.02.